The topological polar surface area (TPSA) is 58.4 Å². The van der Waals surface area contributed by atoms with E-state index >= 15 is 0 Å². The number of hydrogen-bond acceptors (Lipinski definition) is 4. The Morgan fingerprint density at radius 2 is 1.89 bits per heavy atom. The highest BCUT2D eigenvalue weighted by molar-refractivity contribution is 5.76. The predicted molar refractivity (Wildman–Crippen MR) is 73.3 cm³/mol. The molecule has 0 spiro atoms. The zero-order valence-corrected chi connectivity index (χ0v) is 10.7. The van der Waals surface area contributed by atoms with Crippen LogP contribution in [0.1, 0.15) is 25.7 Å². The highest BCUT2D eigenvalue weighted by atomic mass is 16.6. The van der Waals surface area contributed by atoms with Crippen molar-refractivity contribution in [3.63, 3.8) is 0 Å². The number of rotatable bonds is 3. The normalized spacial score (nSPS) is 16.2. The van der Waals surface area contributed by atoms with Gasteiger partial charge in [0, 0.05) is 20.1 Å². The maximum absolute atomic E-state index is 11.3. The number of nitrogens with zero attached hydrogens (tertiary/aromatic N) is 2. The van der Waals surface area contributed by atoms with Crippen LogP contribution in [-0.2, 0) is 0 Å². The second-order valence-corrected chi connectivity index (χ2v) is 4.58. The van der Waals surface area contributed by atoms with Crippen molar-refractivity contribution in [2.45, 2.75) is 25.7 Å². The molecule has 0 bridgehead atoms. The molecule has 1 aliphatic rings. The van der Waals surface area contributed by atoms with Gasteiger partial charge in [0.05, 0.1) is 4.92 Å². The Bertz CT molecular complexity index is 426. The number of hydrogen-bond donors (Lipinski definition) is 1. The molecule has 1 heterocycles. The second-order valence-electron chi connectivity index (χ2n) is 4.58. The molecule has 2 rings (SSSR count). The highest BCUT2D eigenvalue weighted by Crippen LogP contribution is 2.36. The van der Waals surface area contributed by atoms with Crippen LogP contribution in [0.25, 0.3) is 0 Å². The summed E-state index contributed by atoms with van der Waals surface area (Å²) in [6.07, 6.45) is 4.66. The average molecular weight is 249 g/mol. The molecule has 18 heavy (non-hydrogen) atoms. The van der Waals surface area contributed by atoms with Crippen LogP contribution < -0.4 is 10.2 Å². The molecule has 0 aromatic heterocycles. The summed E-state index contributed by atoms with van der Waals surface area (Å²) in [6.45, 7) is 1.82. The van der Waals surface area contributed by atoms with Crippen molar-refractivity contribution < 1.29 is 4.92 Å². The predicted octanol–water partition coefficient (Wildman–Crippen LogP) is 3.02. The quantitative estimate of drug-likeness (QED) is 0.660. The molecular formula is C13H19N3O2. The van der Waals surface area contributed by atoms with Crippen molar-refractivity contribution in [2.75, 3.05) is 30.4 Å². The molecule has 0 aliphatic carbocycles. The molecule has 0 radical (unpaired) electrons. The Labute approximate surface area is 107 Å². The molecule has 5 nitrogen and oxygen atoms in total. The lowest BCUT2D eigenvalue weighted by atomic mass is 10.2. The Hall–Kier alpha value is -1.78. The van der Waals surface area contributed by atoms with Crippen LogP contribution in [-0.4, -0.2) is 25.1 Å². The van der Waals surface area contributed by atoms with Gasteiger partial charge in [-0.3, -0.25) is 10.1 Å². The van der Waals surface area contributed by atoms with Gasteiger partial charge in [-0.05, 0) is 25.0 Å². The Morgan fingerprint density at radius 3 is 2.44 bits per heavy atom. The molecule has 0 saturated carbocycles. The summed E-state index contributed by atoms with van der Waals surface area (Å²) in [6, 6.07) is 5.48. The standard InChI is InChI=1S/C13H19N3O2/c1-14-11-7-6-8-12(13(11)16(17)18)15-9-4-2-3-5-10-15/h6-8,14H,2-5,9-10H2,1H3. The van der Waals surface area contributed by atoms with Crippen molar-refractivity contribution in [1.82, 2.24) is 0 Å². The molecule has 0 unspecified atom stereocenters. The summed E-state index contributed by atoms with van der Waals surface area (Å²) in [4.78, 5) is 13.1. The van der Waals surface area contributed by atoms with E-state index in [1.165, 1.54) is 12.8 Å². The Balaban J connectivity index is 2.38. The van der Waals surface area contributed by atoms with Crippen molar-refractivity contribution in [3.8, 4) is 0 Å². The fraction of sp³-hybridized carbons (Fsp3) is 0.538. The third kappa shape index (κ3) is 2.55. The molecule has 0 atom stereocenters. The highest BCUT2D eigenvalue weighted by Gasteiger charge is 2.23. The van der Waals surface area contributed by atoms with E-state index in [9.17, 15) is 10.1 Å². The SMILES string of the molecule is CNc1cccc(N2CCCCCC2)c1[N+](=O)[O-]. The van der Waals surface area contributed by atoms with Crippen molar-refractivity contribution in [3.05, 3.63) is 28.3 Å². The molecule has 5 heteroatoms. The van der Waals surface area contributed by atoms with Gasteiger partial charge < -0.3 is 10.2 Å². The van der Waals surface area contributed by atoms with Crippen LogP contribution in [0.2, 0.25) is 0 Å². The van der Waals surface area contributed by atoms with E-state index in [0.29, 0.717) is 5.69 Å². The van der Waals surface area contributed by atoms with E-state index < -0.39 is 0 Å². The maximum Gasteiger partial charge on any atom is 0.315 e. The fourth-order valence-corrected chi connectivity index (χ4v) is 2.49. The van der Waals surface area contributed by atoms with E-state index in [2.05, 4.69) is 10.2 Å². The summed E-state index contributed by atoms with van der Waals surface area (Å²) in [7, 11) is 1.72. The van der Waals surface area contributed by atoms with Crippen molar-refractivity contribution in [1.29, 1.82) is 0 Å². The first-order valence-corrected chi connectivity index (χ1v) is 6.44. The van der Waals surface area contributed by atoms with Gasteiger partial charge in [0.2, 0.25) is 0 Å². The number of para-hydroxylation sites is 1. The Kier molecular flexibility index (Phi) is 4.02. The molecule has 1 aromatic rings. The molecule has 98 valence electrons. The largest absolute Gasteiger partial charge is 0.382 e. The monoisotopic (exact) mass is 249 g/mol. The molecule has 1 N–H and O–H groups in total. The summed E-state index contributed by atoms with van der Waals surface area (Å²) in [5.41, 5.74) is 1.53. The van der Waals surface area contributed by atoms with Gasteiger partial charge in [0.1, 0.15) is 11.4 Å². The number of anilines is 2. The van der Waals surface area contributed by atoms with Gasteiger partial charge in [-0.25, -0.2) is 0 Å². The van der Waals surface area contributed by atoms with E-state index in [1.807, 2.05) is 12.1 Å². The van der Waals surface area contributed by atoms with Gasteiger partial charge in [0.15, 0.2) is 0 Å². The number of benzene rings is 1. The number of nitrogens with one attached hydrogen (secondary N) is 1. The smallest absolute Gasteiger partial charge is 0.315 e. The third-order valence-electron chi connectivity index (χ3n) is 3.41. The van der Waals surface area contributed by atoms with Crippen LogP contribution >= 0.6 is 0 Å². The first-order valence-electron chi connectivity index (χ1n) is 6.44. The lowest BCUT2D eigenvalue weighted by Crippen LogP contribution is -2.24. The lowest BCUT2D eigenvalue weighted by molar-refractivity contribution is -0.383. The summed E-state index contributed by atoms with van der Waals surface area (Å²) in [5.74, 6) is 0. The second kappa shape index (κ2) is 5.71. The minimum atomic E-state index is -0.286. The van der Waals surface area contributed by atoms with Gasteiger partial charge >= 0.3 is 5.69 Å². The van der Waals surface area contributed by atoms with Crippen molar-refractivity contribution >= 4 is 17.1 Å². The first-order chi connectivity index (χ1) is 8.74. The van der Waals surface area contributed by atoms with E-state index in [4.69, 9.17) is 0 Å². The minimum Gasteiger partial charge on any atom is -0.382 e. The van der Waals surface area contributed by atoms with Crippen LogP contribution in [0, 0.1) is 10.1 Å². The maximum atomic E-state index is 11.3. The summed E-state index contributed by atoms with van der Waals surface area (Å²) < 4.78 is 0. The zero-order chi connectivity index (χ0) is 13.0. The molecule has 1 aromatic carbocycles. The van der Waals surface area contributed by atoms with Gasteiger partial charge in [-0.2, -0.15) is 0 Å². The Morgan fingerprint density at radius 1 is 1.22 bits per heavy atom. The number of nitro groups is 1. The van der Waals surface area contributed by atoms with Gasteiger partial charge in [-0.1, -0.05) is 18.9 Å². The van der Waals surface area contributed by atoms with Crippen LogP contribution in [0.15, 0.2) is 18.2 Å². The summed E-state index contributed by atoms with van der Waals surface area (Å²) in [5, 5.41) is 14.2. The third-order valence-corrected chi connectivity index (χ3v) is 3.41. The van der Waals surface area contributed by atoms with E-state index in [1.54, 1.807) is 13.1 Å². The van der Waals surface area contributed by atoms with Crippen molar-refractivity contribution in [2.24, 2.45) is 0 Å². The van der Waals surface area contributed by atoms with Gasteiger partial charge in [0.25, 0.3) is 0 Å². The molecule has 0 amide bonds. The van der Waals surface area contributed by atoms with Crippen LogP contribution in [0.3, 0.4) is 0 Å². The van der Waals surface area contributed by atoms with Gasteiger partial charge in [-0.15, -0.1) is 0 Å². The number of nitro benzene ring substituents is 1. The van der Waals surface area contributed by atoms with E-state index in [0.717, 1.165) is 31.6 Å². The summed E-state index contributed by atoms with van der Waals surface area (Å²) >= 11 is 0. The lowest BCUT2D eigenvalue weighted by Gasteiger charge is -2.23. The molecular weight excluding hydrogens is 230 g/mol. The van der Waals surface area contributed by atoms with Crippen LogP contribution in [0.4, 0.5) is 17.1 Å². The molecule has 1 saturated heterocycles. The minimum absolute atomic E-state index is 0.196. The van der Waals surface area contributed by atoms with Crippen LogP contribution in [0.5, 0.6) is 0 Å². The zero-order valence-electron chi connectivity index (χ0n) is 10.7. The molecule has 1 fully saturated rings. The molecule has 1 aliphatic heterocycles. The van der Waals surface area contributed by atoms with E-state index in [-0.39, 0.29) is 10.6 Å². The average Bonchev–Trinajstić information content (AvgIpc) is 2.66. The fourth-order valence-electron chi connectivity index (χ4n) is 2.49. The first kappa shape index (κ1) is 12.7.